The Morgan fingerprint density at radius 2 is 2.02 bits per heavy atom. The van der Waals surface area contributed by atoms with Crippen molar-refractivity contribution >= 4 is 12.0 Å². The van der Waals surface area contributed by atoms with Crippen LogP contribution < -0.4 is 0 Å². The summed E-state index contributed by atoms with van der Waals surface area (Å²) in [6.07, 6.45) is 9.15. The molecule has 4 aliphatic rings. The van der Waals surface area contributed by atoms with E-state index in [-0.39, 0.29) is 31.0 Å². The number of esters is 1. The molecule has 0 saturated carbocycles. The van der Waals surface area contributed by atoms with E-state index in [0.29, 0.717) is 23.6 Å². The number of nitrogens with zero attached hydrogens (tertiary/aromatic N) is 2. The lowest BCUT2D eigenvalue weighted by Gasteiger charge is -2.41. The summed E-state index contributed by atoms with van der Waals surface area (Å²) < 4.78 is 25.6. The third kappa shape index (κ3) is 6.58. The first-order valence-corrected chi connectivity index (χ1v) is 14.9. The molecular weight excluding hydrogens is 556 g/mol. The molecule has 5 rings (SSSR count). The van der Waals surface area contributed by atoms with Crippen molar-refractivity contribution in [2.24, 2.45) is 30.7 Å². The van der Waals surface area contributed by atoms with Crippen LogP contribution in [-0.4, -0.2) is 91.3 Å². The number of aliphatic hydroxyl groups excluding tert-OH is 3. The minimum Gasteiger partial charge on any atom is -0.456 e. The van der Waals surface area contributed by atoms with E-state index in [9.17, 15) is 25.2 Å². The summed E-state index contributed by atoms with van der Waals surface area (Å²) in [6, 6.07) is 0. The first kappa shape index (κ1) is 31.8. The van der Waals surface area contributed by atoms with Gasteiger partial charge in [0.1, 0.15) is 30.0 Å². The molecule has 0 unspecified atom stereocenters. The number of carbonyl (C=O) groups is 1. The maximum Gasteiger partial charge on any atom is 0.331 e. The number of aliphatic hydroxyl groups is 4. The number of rotatable bonds is 7. The van der Waals surface area contributed by atoms with Crippen LogP contribution in [0.15, 0.2) is 54.1 Å². The highest BCUT2D eigenvalue weighted by atomic mass is 16.7. The third-order valence-electron chi connectivity index (χ3n) is 9.32. The molecule has 1 saturated heterocycles. The molecule has 43 heavy (non-hydrogen) atoms. The molecule has 11 nitrogen and oxygen atoms in total. The van der Waals surface area contributed by atoms with E-state index in [1.807, 2.05) is 13.1 Å². The Morgan fingerprint density at radius 1 is 1.26 bits per heavy atom. The van der Waals surface area contributed by atoms with E-state index < -0.39 is 48.1 Å². The van der Waals surface area contributed by atoms with Crippen molar-refractivity contribution in [3.05, 3.63) is 59.7 Å². The summed E-state index contributed by atoms with van der Waals surface area (Å²) in [4.78, 5) is 17.3. The Labute approximate surface area is 252 Å². The number of ether oxygens (including phenoxy) is 4. The molecule has 3 aliphatic heterocycles. The summed E-state index contributed by atoms with van der Waals surface area (Å²) >= 11 is 0. The van der Waals surface area contributed by atoms with E-state index in [1.54, 1.807) is 42.2 Å². The van der Waals surface area contributed by atoms with Crippen molar-refractivity contribution in [3.63, 3.8) is 0 Å². The van der Waals surface area contributed by atoms with Crippen molar-refractivity contribution in [3.8, 4) is 0 Å². The summed E-state index contributed by atoms with van der Waals surface area (Å²) in [7, 11) is 1.85. The van der Waals surface area contributed by atoms with Crippen LogP contribution in [0, 0.1) is 23.7 Å². The zero-order valence-corrected chi connectivity index (χ0v) is 25.4. The van der Waals surface area contributed by atoms with Crippen LogP contribution in [0.1, 0.15) is 46.2 Å². The van der Waals surface area contributed by atoms with Gasteiger partial charge in [0.15, 0.2) is 6.29 Å². The van der Waals surface area contributed by atoms with Crippen LogP contribution in [0.3, 0.4) is 0 Å². The minimum absolute atomic E-state index is 0.0148. The molecule has 0 radical (unpaired) electrons. The number of aromatic nitrogens is 2. The number of hydrogen-bond donors (Lipinski definition) is 4. The van der Waals surface area contributed by atoms with Crippen LogP contribution in [0.5, 0.6) is 0 Å². The lowest BCUT2D eigenvalue weighted by atomic mass is 9.65. The van der Waals surface area contributed by atoms with Gasteiger partial charge in [-0.1, -0.05) is 31.6 Å². The first-order chi connectivity index (χ1) is 20.3. The molecular formula is C32H44N2O9. The zero-order valence-electron chi connectivity index (χ0n) is 25.4. The Hall–Kier alpha value is -2.64. The molecule has 10 atom stereocenters. The van der Waals surface area contributed by atoms with Gasteiger partial charge in [0.2, 0.25) is 5.79 Å². The molecule has 0 spiro atoms. The topological polar surface area (TPSA) is 153 Å². The fourth-order valence-electron chi connectivity index (χ4n) is 6.64. The van der Waals surface area contributed by atoms with Crippen LogP contribution in [0.2, 0.25) is 0 Å². The highest BCUT2D eigenvalue weighted by Crippen LogP contribution is 2.49. The van der Waals surface area contributed by atoms with Gasteiger partial charge in [-0.25, -0.2) is 9.78 Å². The molecule has 4 heterocycles. The van der Waals surface area contributed by atoms with E-state index in [1.165, 1.54) is 11.6 Å². The summed E-state index contributed by atoms with van der Waals surface area (Å²) in [5.41, 5.74) is 1.05. The Balaban J connectivity index is 1.46. The van der Waals surface area contributed by atoms with E-state index in [2.05, 4.69) is 31.8 Å². The van der Waals surface area contributed by atoms with Crippen LogP contribution in [0.4, 0.5) is 0 Å². The summed E-state index contributed by atoms with van der Waals surface area (Å²) in [6.45, 7) is 7.84. The molecule has 1 aromatic heterocycles. The number of fused-ring (bicyclic) bond motifs is 3. The number of imidazole rings is 1. The fraction of sp³-hybridized carbons (Fsp3) is 0.625. The van der Waals surface area contributed by atoms with Gasteiger partial charge in [-0.2, -0.15) is 0 Å². The van der Waals surface area contributed by atoms with Crippen LogP contribution >= 0.6 is 0 Å². The second kappa shape index (κ2) is 12.4. The molecule has 1 fully saturated rings. The monoisotopic (exact) mass is 600 g/mol. The van der Waals surface area contributed by atoms with Crippen LogP contribution in [0.25, 0.3) is 6.08 Å². The Kier molecular flexibility index (Phi) is 9.16. The molecule has 1 aliphatic carbocycles. The third-order valence-corrected chi connectivity index (χ3v) is 9.32. The molecule has 11 heteroatoms. The lowest BCUT2D eigenvalue weighted by Crippen LogP contribution is -2.54. The van der Waals surface area contributed by atoms with Crippen molar-refractivity contribution < 1.29 is 44.2 Å². The quantitative estimate of drug-likeness (QED) is 0.208. The van der Waals surface area contributed by atoms with Gasteiger partial charge in [0.25, 0.3) is 0 Å². The van der Waals surface area contributed by atoms with Crippen molar-refractivity contribution in [2.75, 3.05) is 13.2 Å². The number of carbonyl (C=O) groups excluding carboxylic acids is 1. The number of allylic oxidation sites excluding steroid dienone is 3. The standard InChI is InChI=1S/C32H44N2O9/c1-18(2)22-8-6-19(3)23-13-26(42-27(36)9-7-21-14-34(5)17-33-21)31(4)10-11-32(39,43-31)20(12-24(22)23)15-40-30-29(38)28(37)25(35)16-41-30/h6-7,9-12,14,17-18,22-26,28-30,35,37-39H,8,13,15-16H2,1-5H3/b9-7+,20-12-/t22-,23+,24-,25-,26+,28-,29+,30-,31+,32-/m1/s1. The minimum atomic E-state index is -1.88. The second-order valence-corrected chi connectivity index (χ2v) is 12.8. The molecule has 1 aromatic rings. The Bertz CT molecular complexity index is 1300. The van der Waals surface area contributed by atoms with Gasteiger partial charge in [-0.05, 0) is 68.6 Å². The van der Waals surface area contributed by atoms with Gasteiger partial charge in [0, 0.05) is 24.9 Å². The number of aryl methyl sites for hydroxylation is 1. The maximum atomic E-state index is 13.1. The predicted octanol–water partition coefficient (Wildman–Crippen LogP) is 2.02. The zero-order chi connectivity index (χ0) is 31.1. The molecule has 4 N–H and O–H groups in total. The molecule has 0 amide bonds. The van der Waals surface area contributed by atoms with E-state index >= 15 is 0 Å². The van der Waals surface area contributed by atoms with Crippen molar-refractivity contribution in [1.82, 2.24) is 9.55 Å². The van der Waals surface area contributed by atoms with E-state index in [4.69, 9.17) is 18.9 Å². The number of hydrogen-bond acceptors (Lipinski definition) is 10. The summed E-state index contributed by atoms with van der Waals surface area (Å²) in [5, 5.41) is 42.3. The van der Waals surface area contributed by atoms with Gasteiger partial charge < -0.3 is 43.9 Å². The van der Waals surface area contributed by atoms with Gasteiger partial charge in [0.05, 0.1) is 25.2 Å². The highest BCUT2D eigenvalue weighted by molar-refractivity contribution is 5.86. The van der Waals surface area contributed by atoms with Gasteiger partial charge in [-0.3, -0.25) is 0 Å². The predicted molar refractivity (Wildman–Crippen MR) is 156 cm³/mol. The lowest BCUT2D eigenvalue weighted by molar-refractivity contribution is -0.271. The van der Waals surface area contributed by atoms with Crippen molar-refractivity contribution in [1.29, 1.82) is 0 Å². The van der Waals surface area contributed by atoms with Gasteiger partial charge in [-0.15, -0.1) is 0 Å². The molecule has 236 valence electrons. The van der Waals surface area contributed by atoms with Gasteiger partial charge >= 0.3 is 5.97 Å². The van der Waals surface area contributed by atoms with Crippen LogP contribution in [-0.2, 0) is 30.8 Å². The second-order valence-electron chi connectivity index (χ2n) is 12.8. The van der Waals surface area contributed by atoms with Crippen molar-refractivity contribution in [2.45, 2.75) is 82.6 Å². The fourth-order valence-corrected chi connectivity index (χ4v) is 6.64. The SMILES string of the molecule is CC1=CC[C@H](C(C)C)[C@H]2/C=C(/CO[C@@H]3OC[C@@H](O)[C@@H](O)[C@@H]3O)[C@@]3(O)C=C[C@](C)(O3)[C@@H](OC(=O)/C=C/c3cn(C)cn3)C[C@@H]12. The van der Waals surface area contributed by atoms with E-state index in [0.717, 1.165) is 6.42 Å². The first-order valence-electron chi connectivity index (χ1n) is 14.9. The highest BCUT2D eigenvalue weighted by Gasteiger charge is 2.52. The molecule has 2 bridgehead atoms. The normalized spacial score (nSPS) is 40.8. The maximum absolute atomic E-state index is 13.1. The average Bonchev–Trinajstić information content (AvgIpc) is 3.53. The Morgan fingerprint density at radius 3 is 2.72 bits per heavy atom. The smallest absolute Gasteiger partial charge is 0.331 e. The summed E-state index contributed by atoms with van der Waals surface area (Å²) in [5.74, 6) is -1.93. The average molecular weight is 601 g/mol. The largest absolute Gasteiger partial charge is 0.456 e. The molecule has 0 aromatic carbocycles.